The SMILES string of the molecule is CCSc1ccc([N+](=O)[O-])cc1C(=O)Nc1ccc(CC(C)C(=O)O)cc1. The summed E-state index contributed by atoms with van der Waals surface area (Å²) in [7, 11) is 0. The number of nitro groups is 1. The Labute approximate surface area is 160 Å². The molecule has 2 aromatic carbocycles. The minimum absolute atomic E-state index is 0.140. The van der Waals surface area contributed by atoms with E-state index in [-0.39, 0.29) is 11.3 Å². The number of carboxylic acid groups (broad SMARTS) is 1. The van der Waals surface area contributed by atoms with Crippen molar-refractivity contribution in [1.82, 2.24) is 0 Å². The van der Waals surface area contributed by atoms with Crippen LogP contribution in [0.5, 0.6) is 0 Å². The fourth-order valence-corrected chi connectivity index (χ4v) is 3.24. The Hall–Kier alpha value is -2.87. The number of carboxylic acids is 1. The van der Waals surface area contributed by atoms with Gasteiger partial charge in [-0.3, -0.25) is 19.7 Å². The second-order valence-electron chi connectivity index (χ2n) is 5.97. The molecule has 0 bridgehead atoms. The van der Waals surface area contributed by atoms with Crippen molar-refractivity contribution in [1.29, 1.82) is 0 Å². The van der Waals surface area contributed by atoms with Crippen molar-refractivity contribution in [3.63, 3.8) is 0 Å². The molecule has 1 unspecified atom stereocenters. The molecule has 7 nitrogen and oxygen atoms in total. The quantitative estimate of drug-likeness (QED) is 0.398. The number of rotatable bonds is 8. The molecule has 0 fully saturated rings. The van der Waals surface area contributed by atoms with Gasteiger partial charge in [0, 0.05) is 22.7 Å². The van der Waals surface area contributed by atoms with Crippen LogP contribution in [0.3, 0.4) is 0 Å². The molecule has 2 rings (SSSR count). The molecule has 0 aliphatic rings. The normalized spacial score (nSPS) is 11.6. The van der Waals surface area contributed by atoms with Crippen molar-refractivity contribution in [3.8, 4) is 0 Å². The van der Waals surface area contributed by atoms with Gasteiger partial charge in [0.25, 0.3) is 11.6 Å². The second-order valence-corrected chi connectivity index (χ2v) is 7.27. The highest BCUT2D eigenvalue weighted by Gasteiger charge is 2.17. The number of amides is 1. The fourth-order valence-electron chi connectivity index (χ4n) is 2.45. The third-order valence-corrected chi connectivity index (χ3v) is 4.85. The van der Waals surface area contributed by atoms with Crippen molar-refractivity contribution in [2.45, 2.75) is 25.2 Å². The lowest BCUT2D eigenvalue weighted by molar-refractivity contribution is -0.384. The molecule has 2 aromatic rings. The van der Waals surface area contributed by atoms with Crippen LogP contribution in [0.15, 0.2) is 47.4 Å². The highest BCUT2D eigenvalue weighted by Crippen LogP contribution is 2.27. The monoisotopic (exact) mass is 388 g/mol. The second kappa shape index (κ2) is 9.18. The summed E-state index contributed by atoms with van der Waals surface area (Å²) in [4.78, 5) is 34.7. The van der Waals surface area contributed by atoms with Crippen LogP contribution in [0, 0.1) is 16.0 Å². The average Bonchev–Trinajstić information content (AvgIpc) is 2.63. The zero-order chi connectivity index (χ0) is 20.0. The number of hydrogen-bond donors (Lipinski definition) is 2. The topological polar surface area (TPSA) is 110 Å². The number of carbonyl (C=O) groups excluding carboxylic acids is 1. The van der Waals surface area contributed by atoms with Gasteiger partial charge in [-0.1, -0.05) is 26.0 Å². The lowest BCUT2D eigenvalue weighted by atomic mass is 10.0. The molecule has 0 aromatic heterocycles. The van der Waals surface area contributed by atoms with Crippen molar-refractivity contribution in [2.24, 2.45) is 5.92 Å². The van der Waals surface area contributed by atoms with Crippen LogP contribution in [0.1, 0.15) is 29.8 Å². The molecular weight excluding hydrogens is 368 g/mol. The molecule has 0 spiro atoms. The number of hydrogen-bond acceptors (Lipinski definition) is 5. The molecule has 142 valence electrons. The maximum Gasteiger partial charge on any atom is 0.306 e. The van der Waals surface area contributed by atoms with Gasteiger partial charge in [0.1, 0.15) is 0 Å². The maximum atomic E-state index is 12.6. The molecule has 0 radical (unpaired) electrons. The summed E-state index contributed by atoms with van der Waals surface area (Å²) in [5.41, 5.74) is 1.49. The standard InChI is InChI=1S/C19H20N2O5S/c1-3-27-17-9-8-15(21(25)26)11-16(17)18(22)20-14-6-4-13(5-7-14)10-12(2)19(23)24/h4-9,11-12H,3,10H2,1-2H3,(H,20,22)(H,23,24). The first-order valence-corrected chi connectivity index (χ1v) is 9.34. The number of benzene rings is 2. The van der Waals surface area contributed by atoms with Gasteiger partial charge < -0.3 is 10.4 Å². The largest absolute Gasteiger partial charge is 0.481 e. The molecule has 0 aliphatic heterocycles. The first-order valence-electron chi connectivity index (χ1n) is 8.36. The Morgan fingerprint density at radius 1 is 1.22 bits per heavy atom. The molecular formula is C19H20N2O5S. The summed E-state index contributed by atoms with van der Waals surface area (Å²) in [6.07, 6.45) is 0.395. The zero-order valence-corrected chi connectivity index (χ0v) is 15.8. The van der Waals surface area contributed by atoms with Crippen LogP contribution >= 0.6 is 11.8 Å². The lowest BCUT2D eigenvalue weighted by Crippen LogP contribution is -2.14. The highest BCUT2D eigenvalue weighted by molar-refractivity contribution is 7.99. The molecule has 2 N–H and O–H groups in total. The van der Waals surface area contributed by atoms with Gasteiger partial charge in [-0.15, -0.1) is 11.8 Å². The number of carbonyl (C=O) groups is 2. The number of nitro benzene ring substituents is 1. The molecule has 1 amide bonds. The summed E-state index contributed by atoms with van der Waals surface area (Å²) < 4.78 is 0. The number of non-ortho nitro benzene ring substituents is 1. The van der Waals surface area contributed by atoms with Gasteiger partial charge in [-0.25, -0.2) is 0 Å². The molecule has 0 saturated carbocycles. The average molecular weight is 388 g/mol. The third kappa shape index (κ3) is 5.55. The van der Waals surface area contributed by atoms with Gasteiger partial charge in [0.2, 0.25) is 0 Å². The van der Waals surface area contributed by atoms with Crippen molar-refractivity contribution in [2.75, 3.05) is 11.1 Å². The first kappa shape index (κ1) is 20.4. The Bertz CT molecular complexity index is 852. The van der Waals surface area contributed by atoms with Gasteiger partial charge in [0.15, 0.2) is 0 Å². The van der Waals surface area contributed by atoms with E-state index in [1.165, 1.54) is 23.9 Å². The van der Waals surface area contributed by atoms with Crippen LogP contribution in [-0.2, 0) is 11.2 Å². The van der Waals surface area contributed by atoms with Crippen molar-refractivity contribution in [3.05, 3.63) is 63.7 Å². The maximum absolute atomic E-state index is 12.6. The highest BCUT2D eigenvalue weighted by atomic mass is 32.2. The van der Waals surface area contributed by atoms with Crippen molar-refractivity contribution < 1.29 is 19.6 Å². The fraction of sp³-hybridized carbons (Fsp3) is 0.263. The smallest absolute Gasteiger partial charge is 0.306 e. The van der Waals surface area contributed by atoms with Gasteiger partial charge in [-0.05, 0) is 35.9 Å². The third-order valence-electron chi connectivity index (χ3n) is 3.89. The van der Waals surface area contributed by atoms with E-state index in [4.69, 9.17) is 5.11 Å². The molecule has 0 saturated heterocycles. The van der Waals surface area contributed by atoms with E-state index < -0.39 is 22.7 Å². The van der Waals surface area contributed by atoms with E-state index in [0.29, 0.717) is 17.0 Å². The minimum atomic E-state index is -0.862. The summed E-state index contributed by atoms with van der Waals surface area (Å²) in [6, 6.07) is 11.1. The van der Waals surface area contributed by atoms with Crippen LogP contribution < -0.4 is 5.32 Å². The Kier molecular flexibility index (Phi) is 6.95. The van der Waals surface area contributed by atoms with Crippen LogP contribution in [0.25, 0.3) is 0 Å². The number of nitrogens with zero attached hydrogens (tertiary/aromatic N) is 1. The number of aliphatic carboxylic acids is 1. The summed E-state index contributed by atoms with van der Waals surface area (Å²) in [5, 5.41) is 22.7. The Morgan fingerprint density at radius 3 is 2.44 bits per heavy atom. The number of anilines is 1. The van der Waals surface area contributed by atoms with E-state index in [2.05, 4.69) is 5.32 Å². The van der Waals surface area contributed by atoms with E-state index in [9.17, 15) is 19.7 Å². The predicted molar refractivity (Wildman–Crippen MR) is 104 cm³/mol. The van der Waals surface area contributed by atoms with Crippen LogP contribution in [0.4, 0.5) is 11.4 Å². The Morgan fingerprint density at radius 2 is 1.89 bits per heavy atom. The van der Waals surface area contributed by atoms with E-state index in [0.717, 1.165) is 11.3 Å². The van der Waals surface area contributed by atoms with Gasteiger partial charge in [0.05, 0.1) is 16.4 Å². The summed E-state index contributed by atoms with van der Waals surface area (Å²) in [6.45, 7) is 3.57. The van der Waals surface area contributed by atoms with E-state index in [1.54, 1.807) is 37.3 Å². The zero-order valence-electron chi connectivity index (χ0n) is 15.0. The number of nitrogens with one attached hydrogen (secondary N) is 1. The predicted octanol–water partition coefficient (Wildman–Crippen LogP) is 4.22. The molecule has 1 atom stereocenters. The van der Waals surface area contributed by atoms with Crippen LogP contribution in [-0.4, -0.2) is 27.7 Å². The Balaban J connectivity index is 2.17. The lowest BCUT2D eigenvalue weighted by Gasteiger charge is -2.11. The molecule has 0 heterocycles. The van der Waals surface area contributed by atoms with Gasteiger partial charge in [-0.2, -0.15) is 0 Å². The van der Waals surface area contributed by atoms with E-state index >= 15 is 0 Å². The molecule has 0 aliphatic carbocycles. The van der Waals surface area contributed by atoms with Crippen molar-refractivity contribution >= 4 is 35.0 Å². The summed E-state index contributed by atoms with van der Waals surface area (Å²) >= 11 is 1.43. The van der Waals surface area contributed by atoms with E-state index in [1.807, 2.05) is 6.92 Å². The molecule has 8 heteroatoms. The van der Waals surface area contributed by atoms with Gasteiger partial charge >= 0.3 is 5.97 Å². The molecule has 27 heavy (non-hydrogen) atoms. The number of thioether (sulfide) groups is 1. The summed E-state index contributed by atoms with van der Waals surface area (Å²) in [5.74, 6) is -1.06. The first-order chi connectivity index (χ1) is 12.8. The minimum Gasteiger partial charge on any atom is -0.481 e. The van der Waals surface area contributed by atoms with Crippen LogP contribution in [0.2, 0.25) is 0 Å².